The summed E-state index contributed by atoms with van der Waals surface area (Å²) in [6, 6.07) is 14.8. The first-order valence-electron chi connectivity index (χ1n) is 7.65. The number of nitrogens with zero attached hydrogens (tertiary/aromatic N) is 1. The van der Waals surface area contributed by atoms with Crippen LogP contribution in [-0.4, -0.2) is 29.6 Å². The third-order valence-corrected chi connectivity index (χ3v) is 4.64. The molecule has 0 aromatic heterocycles. The van der Waals surface area contributed by atoms with Crippen LogP contribution in [0.3, 0.4) is 0 Å². The van der Waals surface area contributed by atoms with Crippen LogP contribution in [-0.2, 0) is 5.60 Å². The smallest absolute Gasteiger partial charge is 0.0909 e. The summed E-state index contributed by atoms with van der Waals surface area (Å²) in [4.78, 5) is 2.43. The Kier molecular flexibility index (Phi) is 3.77. The van der Waals surface area contributed by atoms with Gasteiger partial charge in [0.15, 0.2) is 0 Å². The molecule has 0 aliphatic carbocycles. The molecule has 1 N–H and O–H groups in total. The third-order valence-electron chi connectivity index (χ3n) is 4.64. The number of benzene rings is 2. The zero-order valence-corrected chi connectivity index (χ0v) is 12.2. The molecule has 1 aliphatic rings. The van der Waals surface area contributed by atoms with Gasteiger partial charge >= 0.3 is 0 Å². The van der Waals surface area contributed by atoms with E-state index in [0.717, 1.165) is 44.5 Å². The van der Waals surface area contributed by atoms with E-state index in [-0.39, 0.29) is 0 Å². The molecule has 2 aromatic carbocycles. The first-order chi connectivity index (χ1) is 9.71. The maximum atomic E-state index is 11.1. The molecule has 0 saturated carbocycles. The van der Waals surface area contributed by atoms with E-state index in [2.05, 4.69) is 54.3 Å². The number of hydrogen-bond acceptors (Lipinski definition) is 2. The van der Waals surface area contributed by atoms with E-state index in [1.54, 1.807) is 0 Å². The van der Waals surface area contributed by atoms with E-state index in [1.807, 2.05) is 0 Å². The minimum Gasteiger partial charge on any atom is -0.385 e. The van der Waals surface area contributed by atoms with E-state index in [0.29, 0.717) is 0 Å². The first-order valence-corrected chi connectivity index (χ1v) is 7.65. The molecule has 0 amide bonds. The highest BCUT2D eigenvalue weighted by atomic mass is 16.3. The van der Waals surface area contributed by atoms with Gasteiger partial charge in [-0.1, -0.05) is 43.3 Å². The van der Waals surface area contributed by atoms with Crippen molar-refractivity contribution < 1.29 is 5.11 Å². The summed E-state index contributed by atoms with van der Waals surface area (Å²) in [5.41, 5.74) is 0.419. The Balaban J connectivity index is 1.92. The minimum atomic E-state index is -0.659. The molecule has 2 aromatic rings. The van der Waals surface area contributed by atoms with Gasteiger partial charge in [-0.25, -0.2) is 0 Å². The van der Waals surface area contributed by atoms with Crippen LogP contribution in [0.2, 0.25) is 0 Å². The van der Waals surface area contributed by atoms with Crippen molar-refractivity contribution in [3.8, 4) is 0 Å². The van der Waals surface area contributed by atoms with Gasteiger partial charge in [0, 0.05) is 6.54 Å². The highest BCUT2D eigenvalue weighted by Crippen LogP contribution is 2.34. The maximum absolute atomic E-state index is 11.1. The second kappa shape index (κ2) is 5.55. The highest BCUT2D eigenvalue weighted by molar-refractivity contribution is 5.83. The lowest BCUT2D eigenvalue weighted by Gasteiger charge is -2.27. The fourth-order valence-electron chi connectivity index (χ4n) is 3.26. The molecule has 0 bridgehead atoms. The van der Waals surface area contributed by atoms with Gasteiger partial charge in [-0.05, 0) is 54.8 Å². The average molecular weight is 269 g/mol. The van der Waals surface area contributed by atoms with Crippen LogP contribution >= 0.6 is 0 Å². The van der Waals surface area contributed by atoms with Crippen molar-refractivity contribution in [3.05, 3.63) is 48.0 Å². The van der Waals surface area contributed by atoms with Gasteiger partial charge in [-0.2, -0.15) is 0 Å². The third kappa shape index (κ3) is 2.58. The van der Waals surface area contributed by atoms with E-state index in [1.165, 1.54) is 10.8 Å². The Hall–Kier alpha value is -1.38. The minimum absolute atomic E-state index is 0.659. The van der Waals surface area contributed by atoms with Gasteiger partial charge in [0.2, 0.25) is 0 Å². The summed E-state index contributed by atoms with van der Waals surface area (Å²) in [5.74, 6) is 0. The first kappa shape index (κ1) is 13.6. The van der Waals surface area contributed by atoms with Gasteiger partial charge in [0.25, 0.3) is 0 Å². The quantitative estimate of drug-likeness (QED) is 0.901. The summed E-state index contributed by atoms with van der Waals surface area (Å²) in [7, 11) is 0. The van der Waals surface area contributed by atoms with Crippen LogP contribution in [0, 0.1) is 0 Å². The molecule has 1 unspecified atom stereocenters. The fraction of sp³-hybridized carbons (Fsp3) is 0.444. The van der Waals surface area contributed by atoms with Crippen LogP contribution in [0.25, 0.3) is 10.8 Å². The lowest BCUT2D eigenvalue weighted by Crippen LogP contribution is -2.29. The van der Waals surface area contributed by atoms with Crippen molar-refractivity contribution in [2.45, 2.75) is 31.8 Å². The summed E-state index contributed by atoms with van der Waals surface area (Å²) in [6.07, 6.45) is 2.76. The second-order valence-corrected chi connectivity index (χ2v) is 5.88. The van der Waals surface area contributed by atoms with Crippen molar-refractivity contribution in [3.63, 3.8) is 0 Å². The van der Waals surface area contributed by atoms with Crippen molar-refractivity contribution >= 4 is 10.8 Å². The number of rotatable bonds is 2. The molecule has 1 fully saturated rings. The number of likely N-dealkylation sites (tertiary alicyclic amines) is 1. The van der Waals surface area contributed by atoms with E-state index in [9.17, 15) is 5.11 Å². The molecule has 1 heterocycles. The molecule has 20 heavy (non-hydrogen) atoms. The van der Waals surface area contributed by atoms with E-state index in [4.69, 9.17) is 0 Å². The highest BCUT2D eigenvalue weighted by Gasteiger charge is 2.31. The van der Waals surface area contributed by atoms with Gasteiger partial charge in [0.05, 0.1) is 5.60 Å². The summed E-state index contributed by atoms with van der Waals surface area (Å²) in [6.45, 7) is 5.36. The predicted molar refractivity (Wildman–Crippen MR) is 83.8 cm³/mol. The molecule has 1 saturated heterocycles. The van der Waals surface area contributed by atoms with E-state index < -0.39 is 5.60 Å². The van der Waals surface area contributed by atoms with Crippen LogP contribution in [0.1, 0.15) is 31.7 Å². The Morgan fingerprint density at radius 1 is 1.05 bits per heavy atom. The van der Waals surface area contributed by atoms with Crippen LogP contribution < -0.4 is 0 Å². The molecule has 1 aliphatic heterocycles. The Morgan fingerprint density at radius 3 is 2.65 bits per heavy atom. The molecular weight excluding hydrogens is 246 g/mol. The van der Waals surface area contributed by atoms with Gasteiger partial charge in [0.1, 0.15) is 0 Å². The number of fused-ring (bicyclic) bond motifs is 1. The zero-order chi connectivity index (χ0) is 14.0. The van der Waals surface area contributed by atoms with E-state index >= 15 is 0 Å². The molecule has 3 rings (SSSR count). The molecule has 1 atom stereocenters. The number of hydrogen-bond donors (Lipinski definition) is 1. The maximum Gasteiger partial charge on any atom is 0.0909 e. The van der Waals surface area contributed by atoms with Crippen molar-refractivity contribution in [1.82, 2.24) is 4.90 Å². The SMILES string of the molecule is CCN1CCCC(O)(c2ccc3ccccc3c2)CC1. The summed E-state index contributed by atoms with van der Waals surface area (Å²) < 4.78 is 0. The molecular formula is C18H23NO. The van der Waals surface area contributed by atoms with Crippen LogP contribution in [0.15, 0.2) is 42.5 Å². The lowest BCUT2D eigenvalue weighted by molar-refractivity contribution is 0.0215. The van der Waals surface area contributed by atoms with Gasteiger partial charge in [-0.15, -0.1) is 0 Å². The topological polar surface area (TPSA) is 23.5 Å². The molecule has 2 heteroatoms. The second-order valence-electron chi connectivity index (χ2n) is 5.88. The summed E-state index contributed by atoms with van der Waals surface area (Å²) >= 11 is 0. The van der Waals surface area contributed by atoms with Crippen molar-refractivity contribution in [1.29, 1.82) is 0 Å². The van der Waals surface area contributed by atoms with Crippen molar-refractivity contribution in [2.24, 2.45) is 0 Å². The molecule has 2 nitrogen and oxygen atoms in total. The zero-order valence-electron chi connectivity index (χ0n) is 12.2. The average Bonchev–Trinajstić information content (AvgIpc) is 2.69. The van der Waals surface area contributed by atoms with Crippen LogP contribution in [0.4, 0.5) is 0 Å². The lowest BCUT2D eigenvalue weighted by atomic mass is 9.86. The Bertz CT molecular complexity index is 595. The van der Waals surface area contributed by atoms with Gasteiger partial charge in [-0.3, -0.25) is 0 Å². The predicted octanol–water partition coefficient (Wildman–Crippen LogP) is 3.53. The number of aliphatic hydroxyl groups is 1. The fourth-order valence-corrected chi connectivity index (χ4v) is 3.26. The monoisotopic (exact) mass is 269 g/mol. The van der Waals surface area contributed by atoms with Crippen molar-refractivity contribution in [2.75, 3.05) is 19.6 Å². The van der Waals surface area contributed by atoms with Gasteiger partial charge < -0.3 is 10.0 Å². The normalized spacial score (nSPS) is 24.7. The molecule has 0 spiro atoms. The molecule has 0 radical (unpaired) electrons. The standard InChI is InChI=1S/C18H23NO/c1-2-19-12-5-10-18(20,11-13-19)17-9-8-15-6-3-4-7-16(15)14-17/h3-4,6-9,14,20H,2,5,10-13H2,1H3. The Morgan fingerprint density at radius 2 is 1.85 bits per heavy atom. The summed E-state index contributed by atoms with van der Waals surface area (Å²) in [5, 5.41) is 13.5. The Labute approximate surface area is 121 Å². The van der Waals surface area contributed by atoms with Crippen LogP contribution in [0.5, 0.6) is 0 Å². The molecule has 106 valence electrons. The largest absolute Gasteiger partial charge is 0.385 e.